The molecule has 8 heteroatoms. The molecular formula is C18H21ClN2O4S. The first-order valence-electron chi connectivity index (χ1n) is 7.80. The van der Waals surface area contributed by atoms with Gasteiger partial charge in [-0.3, -0.25) is 9.10 Å². The number of nitrogens with one attached hydrogen (secondary N) is 1. The van der Waals surface area contributed by atoms with Crippen LogP contribution in [-0.2, 0) is 14.8 Å². The Labute approximate surface area is 158 Å². The molecule has 0 atom stereocenters. The monoisotopic (exact) mass is 396 g/mol. The zero-order chi connectivity index (χ0) is 19.5. The lowest BCUT2D eigenvalue weighted by Gasteiger charge is -2.24. The number of anilines is 2. The van der Waals surface area contributed by atoms with Crippen LogP contribution in [0.3, 0.4) is 0 Å². The van der Waals surface area contributed by atoms with Gasteiger partial charge in [0.25, 0.3) is 0 Å². The van der Waals surface area contributed by atoms with Crippen LogP contribution in [0.1, 0.15) is 11.1 Å². The third-order valence-corrected chi connectivity index (χ3v) is 5.28. The first kappa shape index (κ1) is 20.1. The van der Waals surface area contributed by atoms with E-state index in [1.807, 2.05) is 13.8 Å². The van der Waals surface area contributed by atoms with Gasteiger partial charge < -0.3 is 10.1 Å². The smallest absolute Gasteiger partial charge is 0.245 e. The number of sulfonamides is 1. The third-order valence-electron chi connectivity index (χ3n) is 3.75. The van der Waals surface area contributed by atoms with E-state index in [1.165, 1.54) is 7.11 Å². The highest BCUT2D eigenvalue weighted by atomic mass is 35.5. The molecule has 0 aliphatic heterocycles. The second-order valence-corrected chi connectivity index (χ2v) is 8.27. The van der Waals surface area contributed by atoms with Gasteiger partial charge in [0.15, 0.2) is 0 Å². The van der Waals surface area contributed by atoms with E-state index in [2.05, 4.69) is 5.32 Å². The predicted molar refractivity (Wildman–Crippen MR) is 105 cm³/mol. The predicted octanol–water partition coefficient (Wildman–Crippen LogP) is 3.37. The number of nitrogens with zero attached hydrogens (tertiary/aromatic N) is 1. The Morgan fingerprint density at radius 1 is 1.19 bits per heavy atom. The van der Waals surface area contributed by atoms with Gasteiger partial charge in [0.2, 0.25) is 15.9 Å². The van der Waals surface area contributed by atoms with E-state index in [9.17, 15) is 13.2 Å². The van der Waals surface area contributed by atoms with Crippen molar-refractivity contribution in [1.29, 1.82) is 0 Å². The van der Waals surface area contributed by atoms with Crippen LogP contribution in [0.2, 0.25) is 5.02 Å². The molecule has 0 aliphatic rings. The Balaban J connectivity index is 2.30. The van der Waals surface area contributed by atoms with Gasteiger partial charge in [-0.25, -0.2) is 8.42 Å². The molecule has 6 nitrogen and oxygen atoms in total. The first-order valence-corrected chi connectivity index (χ1v) is 10.0. The topological polar surface area (TPSA) is 75.7 Å². The molecule has 0 radical (unpaired) electrons. The van der Waals surface area contributed by atoms with E-state index >= 15 is 0 Å². The molecule has 140 valence electrons. The summed E-state index contributed by atoms with van der Waals surface area (Å²) >= 11 is 6.05. The number of carbonyl (C=O) groups excluding carboxylic acids is 1. The number of aryl methyl sites for hydroxylation is 2. The fourth-order valence-electron chi connectivity index (χ4n) is 2.38. The number of ether oxygens (including phenoxy) is 1. The van der Waals surface area contributed by atoms with Crippen LogP contribution in [0.15, 0.2) is 36.4 Å². The highest BCUT2D eigenvalue weighted by Crippen LogP contribution is 2.31. The largest absolute Gasteiger partial charge is 0.495 e. The first-order chi connectivity index (χ1) is 12.1. The Kier molecular flexibility index (Phi) is 6.15. The van der Waals surface area contributed by atoms with Crippen LogP contribution < -0.4 is 14.4 Å². The average Bonchev–Trinajstić information content (AvgIpc) is 2.55. The highest BCUT2D eigenvalue weighted by Gasteiger charge is 2.24. The van der Waals surface area contributed by atoms with Gasteiger partial charge in [-0.15, -0.1) is 0 Å². The molecule has 0 spiro atoms. The summed E-state index contributed by atoms with van der Waals surface area (Å²) in [5.41, 5.74) is 2.54. The molecule has 0 saturated carbocycles. The quantitative estimate of drug-likeness (QED) is 0.812. The van der Waals surface area contributed by atoms with Crippen LogP contribution in [-0.4, -0.2) is 34.2 Å². The van der Waals surface area contributed by atoms with E-state index in [1.54, 1.807) is 36.4 Å². The lowest BCUT2D eigenvalue weighted by molar-refractivity contribution is -0.114. The summed E-state index contributed by atoms with van der Waals surface area (Å²) < 4.78 is 30.8. The maximum Gasteiger partial charge on any atom is 0.245 e. The molecule has 1 amide bonds. The van der Waals surface area contributed by atoms with Gasteiger partial charge in [0, 0.05) is 10.7 Å². The van der Waals surface area contributed by atoms with Crippen LogP contribution in [0.25, 0.3) is 0 Å². The molecule has 2 aromatic rings. The number of hydrogen-bond acceptors (Lipinski definition) is 4. The Bertz CT molecular complexity index is 929. The van der Waals surface area contributed by atoms with Crippen molar-refractivity contribution in [2.24, 2.45) is 0 Å². The van der Waals surface area contributed by atoms with Crippen molar-refractivity contribution >= 4 is 38.9 Å². The second kappa shape index (κ2) is 7.97. The highest BCUT2D eigenvalue weighted by molar-refractivity contribution is 7.92. The molecule has 0 fully saturated rings. The lowest BCUT2D eigenvalue weighted by Crippen LogP contribution is -2.37. The SMILES string of the molecule is COc1ccc(C)cc1N(CC(=O)Nc1ccc(C)c(Cl)c1)S(C)(=O)=O. The minimum atomic E-state index is -3.70. The molecule has 0 aromatic heterocycles. The molecule has 0 bridgehead atoms. The average molecular weight is 397 g/mol. The third kappa shape index (κ3) is 4.89. The molecule has 0 saturated heterocycles. The minimum absolute atomic E-state index is 0.312. The van der Waals surface area contributed by atoms with Gasteiger partial charge in [-0.2, -0.15) is 0 Å². The summed E-state index contributed by atoms with van der Waals surface area (Å²) in [5, 5.41) is 3.18. The number of methoxy groups -OCH3 is 1. The molecule has 0 unspecified atom stereocenters. The van der Waals surface area contributed by atoms with Gasteiger partial charge in [0.05, 0.1) is 19.1 Å². The van der Waals surface area contributed by atoms with E-state index in [0.717, 1.165) is 21.7 Å². The molecule has 0 heterocycles. The maximum atomic E-state index is 12.4. The normalized spacial score (nSPS) is 11.1. The number of halogens is 1. The summed E-state index contributed by atoms with van der Waals surface area (Å²) in [4.78, 5) is 12.4. The van der Waals surface area contributed by atoms with E-state index < -0.39 is 15.9 Å². The van der Waals surface area contributed by atoms with E-state index in [0.29, 0.717) is 22.1 Å². The lowest BCUT2D eigenvalue weighted by atomic mass is 10.2. The number of hydrogen-bond donors (Lipinski definition) is 1. The fourth-order valence-corrected chi connectivity index (χ4v) is 3.41. The van der Waals surface area contributed by atoms with Gasteiger partial charge in [-0.05, 0) is 49.2 Å². The minimum Gasteiger partial charge on any atom is -0.495 e. The van der Waals surface area contributed by atoms with Crippen LogP contribution in [0.4, 0.5) is 11.4 Å². The van der Waals surface area contributed by atoms with Gasteiger partial charge in [0.1, 0.15) is 12.3 Å². The summed E-state index contributed by atoms with van der Waals surface area (Å²) in [6, 6.07) is 10.2. The number of carbonyl (C=O) groups is 1. The van der Waals surface area contributed by atoms with Crippen molar-refractivity contribution in [3.8, 4) is 5.75 Å². The number of amides is 1. The summed E-state index contributed by atoms with van der Waals surface area (Å²) in [6.07, 6.45) is 1.05. The van der Waals surface area contributed by atoms with Crippen molar-refractivity contribution < 1.29 is 17.9 Å². The molecule has 26 heavy (non-hydrogen) atoms. The van der Waals surface area contributed by atoms with E-state index in [-0.39, 0.29) is 6.54 Å². The number of rotatable bonds is 6. The van der Waals surface area contributed by atoms with Crippen LogP contribution >= 0.6 is 11.6 Å². The molecule has 2 aromatic carbocycles. The maximum absolute atomic E-state index is 12.4. The van der Waals surface area contributed by atoms with Gasteiger partial charge in [-0.1, -0.05) is 23.7 Å². The van der Waals surface area contributed by atoms with Crippen LogP contribution in [0.5, 0.6) is 5.75 Å². The summed E-state index contributed by atoms with van der Waals surface area (Å²) in [7, 11) is -2.26. The van der Waals surface area contributed by atoms with Crippen molar-refractivity contribution in [2.75, 3.05) is 29.5 Å². The zero-order valence-corrected chi connectivity index (χ0v) is 16.6. The Morgan fingerprint density at radius 2 is 1.88 bits per heavy atom. The van der Waals surface area contributed by atoms with Crippen molar-refractivity contribution in [3.05, 3.63) is 52.5 Å². The second-order valence-electron chi connectivity index (χ2n) is 5.96. The van der Waals surface area contributed by atoms with Crippen molar-refractivity contribution in [2.45, 2.75) is 13.8 Å². The van der Waals surface area contributed by atoms with Crippen molar-refractivity contribution in [1.82, 2.24) is 0 Å². The molecule has 1 N–H and O–H groups in total. The summed E-state index contributed by atoms with van der Waals surface area (Å²) in [5.74, 6) is -0.119. The van der Waals surface area contributed by atoms with Gasteiger partial charge >= 0.3 is 0 Å². The fraction of sp³-hybridized carbons (Fsp3) is 0.278. The van der Waals surface area contributed by atoms with E-state index in [4.69, 9.17) is 16.3 Å². The molecular weight excluding hydrogens is 376 g/mol. The van der Waals surface area contributed by atoms with Crippen LogP contribution in [0, 0.1) is 13.8 Å². The van der Waals surface area contributed by atoms with Crippen molar-refractivity contribution in [3.63, 3.8) is 0 Å². The molecule has 0 aliphatic carbocycles. The molecule has 2 rings (SSSR count). The number of benzene rings is 2. The zero-order valence-electron chi connectivity index (χ0n) is 15.0. The summed E-state index contributed by atoms with van der Waals surface area (Å²) in [6.45, 7) is 3.30. The Hall–Kier alpha value is -2.25. The standard InChI is InChI=1S/C18H21ClN2O4S/c1-12-5-8-17(25-3)16(9-12)21(26(4,23)24)11-18(22)20-14-7-6-13(2)15(19)10-14/h5-10H,11H2,1-4H3,(H,20,22). The Morgan fingerprint density at radius 3 is 2.46 bits per heavy atom.